The van der Waals surface area contributed by atoms with Crippen LogP contribution in [0.1, 0.15) is 25.7 Å². The summed E-state index contributed by atoms with van der Waals surface area (Å²) in [6.07, 6.45) is 4.23. The van der Waals surface area contributed by atoms with E-state index in [0.29, 0.717) is 6.54 Å². The van der Waals surface area contributed by atoms with Gasteiger partial charge in [0.2, 0.25) is 10.0 Å². The fraction of sp³-hybridized carbons (Fsp3) is 0.538. The third-order valence-electron chi connectivity index (χ3n) is 3.14. The van der Waals surface area contributed by atoms with Crippen molar-refractivity contribution in [1.29, 1.82) is 0 Å². The summed E-state index contributed by atoms with van der Waals surface area (Å²) in [6, 6.07) is 6.70. The maximum Gasteiger partial charge on any atom is 0.240 e. The number of rotatable bonds is 5. The van der Waals surface area contributed by atoms with Crippen LogP contribution in [0.25, 0.3) is 0 Å². The normalized spacial score (nSPS) is 20.4. The summed E-state index contributed by atoms with van der Waals surface area (Å²) in [5.74, 6) is 0. The fourth-order valence-corrected chi connectivity index (χ4v) is 3.75. The van der Waals surface area contributed by atoms with Gasteiger partial charge < -0.3 is 4.74 Å². The summed E-state index contributed by atoms with van der Waals surface area (Å²) >= 11 is 3.27. The molecule has 1 heterocycles. The maximum absolute atomic E-state index is 12.1. The maximum atomic E-state index is 12.1. The summed E-state index contributed by atoms with van der Waals surface area (Å²) in [5.41, 5.74) is 0. The van der Waals surface area contributed by atoms with E-state index in [1.165, 1.54) is 6.42 Å². The molecule has 19 heavy (non-hydrogen) atoms. The molecule has 4 nitrogen and oxygen atoms in total. The van der Waals surface area contributed by atoms with Crippen molar-refractivity contribution in [2.75, 3.05) is 13.2 Å². The van der Waals surface area contributed by atoms with E-state index in [9.17, 15) is 8.42 Å². The van der Waals surface area contributed by atoms with Gasteiger partial charge in [0.05, 0.1) is 11.0 Å². The predicted molar refractivity (Wildman–Crippen MR) is 77.5 cm³/mol. The van der Waals surface area contributed by atoms with Crippen LogP contribution in [0.15, 0.2) is 33.6 Å². The molecule has 6 heteroatoms. The van der Waals surface area contributed by atoms with E-state index in [1.54, 1.807) is 24.3 Å². The molecule has 0 radical (unpaired) electrons. The van der Waals surface area contributed by atoms with Crippen LogP contribution < -0.4 is 4.72 Å². The summed E-state index contributed by atoms with van der Waals surface area (Å²) in [6.45, 7) is 1.21. The first kappa shape index (κ1) is 15.0. The van der Waals surface area contributed by atoms with Crippen molar-refractivity contribution in [3.05, 3.63) is 28.7 Å². The molecule has 1 aromatic carbocycles. The highest BCUT2D eigenvalue weighted by atomic mass is 79.9. The molecule has 106 valence electrons. The van der Waals surface area contributed by atoms with Gasteiger partial charge in [-0.2, -0.15) is 0 Å². The van der Waals surface area contributed by atoms with Gasteiger partial charge in [-0.1, -0.05) is 22.0 Å². The van der Waals surface area contributed by atoms with E-state index in [-0.39, 0.29) is 11.0 Å². The summed E-state index contributed by atoms with van der Waals surface area (Å²) in [4.78, 5) is 0.284. The molecule has 0 amide bonds. The lowest BCUT2D eigenvalue weighted by Crippen LogP contribution is -2.29. The Labute approximate surface area is 122 Å². The van der Waals surface area contributed by atoms with Gasteiger partial charge in [-0.05, 0) is 43.9 Å². The highest BCUT2D eigenvalue weighted by molar-refractivity contribution is 9.10. The van der Waals surface area contributed by atoms with E-state index >= 15 is 0 Å². The van der Waals surface area contributed by atoms with Crippen LogP contribution in [-0.2, 0) is 14.8 Å². The van der Waals surface area contributed by atoms with Crippen LogP contribution in [-0.4, -0.2) is 27.7 Å². The topological polar surface area (TPSA) is 55.4 Å². The molecule has 1 aliphatic rings. The lowest BCUT2D eigenvalue weighted by atomic mass is 10.1. The Morgan fingerprint density at radius 1 is 1.37 bits per heavy atom. The monoisotopic (exact) mass is 347 g/mol. The first-order chi connectivity index (χ1) is 9.08. The van der Waals surface area contributed by atoms with E-state index in [1.807, 2.05) is 0 Å². The Bertz CT molecular complexity index is 512. The zero-order valence-corrected chi connectivity index (χ0v) is 13.0. The fourth-order valence-electron chi connectivity index (χ4n) is 2.11. The Hall–Kier alpha value is -0.430. The average Bonchev–Trinajstić information content (AvgIpc) is 2.40. The molecule has 0 aromatic heterocycles. The molecule has 0 saturated carbocycles. The molecule has 0 bridgehead atoms. The van der Waals surface area contributed by atoms with E-state index in [2.05, 4.69) is 20.7 Å². The molecule has 1 aromatic rings. The van der Waals surface area contributed by atoms with Crippen molar-refractivity contribution in [3.63, 3.8) is 0 Å². The van der Waals surface area contributed by atoms with Crippen LogP contribution in [0, 0.1) is 0 Å². The molecule has 1 fully saturated rings. The first-order valence-corrected chi connectivity index (χ1v) is 8.72. The zero-order chi connectivity index (χ0) is 13.7. The summed E-state index contributed by atoms with van der Waals surface area (Å²) in [7, 11) is -3.42. The molecule has 1 unspecified atom stereocenters. The Kier molecular flexibility index (Phi) is 5.38. The van der Waals surface area contributed by atoms with Gasteiger partial charge in [-0.15, -0.1) is 0 Å². The van der Waals surface area contributed by atoms with Crippen molar-refractivity contribution in [2.45, 2.75) is 36.7 Å². The lowest BCUT2D eigenvalue weighted by molar-refractivity contribution is 0.0123. The quantitative estimate of drug-likeness (QED) is 0.890. The summed E-state index contributed by atoms with van der Waals surface area (Å²) < 4.78 is 33.1. The average molecular weight is 348 g/mol. The van der Waals surface area contributed by atoms with Crippen molar-refractivity contribution >= 4 is 26.0 Å². The van der Waals surface area contributed by atoms with Crippen molar-refractivity contribution < 1.29 is 13.2 Å². The number of halogens is 1. The molecule has 0 spiro atoms. The minimum absolute atomic E-state index is 0.193. The van der Waals surface area contributed by atoms with Gasteiger partial charge in [0.25, 0.3) is 0 Å². The molecule has 0 aliphatic carbocycles. The predicted octanol–water partition coefficient (Wildman–Crippen LogP) is 2.69. The third-order valence-corrected chi connectivity index (χ3v) is 5.09. The molecule has 2 rings (SSSR count). The third kappa shape index (κ3) is 4.56. The number of hydrogen-bond acceptors (Lipinski definition) is 3. The number of benzene rings is 1. The van der Waals surface area contributed by atoms with Gasteiger partial charge in [-0.25, -0.2) is 13.1 Å². The minimum atomic E-state index is -3.42. The summed E-state index contributed by atoms with van der Waals surface area (Å²) in [5, 5.41) is 0. The molecule has 1 N–H and O–H groups in total. The van der Waals surface area contributed by atoms with Crippen molar-refractivity contribution in [1.82, 2.24) is 4.72 Å². The molecule has 1 atom stereocenters. The smallest absolute Gasteiger partial charge is 0.240 e. The molecule has 1 saturated heterocycles. The molecular weight excluding hydrogens is 330 g/mol. The molecular formula is C13H18BrNO3S. The first-order valence-electron chi connectivity index (χ1n) is 6.45. The van der Waals surface area contributed by atoms with Crippen LogP contribution in [0.4, 0.5) is 0 Å². The van der Waals surface area contributed by atoms with Crippen molar-refractivity contribution in [2.24, 2.45) is 0 Å². The van der Waals surface area contributed by atoms with Gasteiger partial charge >= 0.3 is 0 Å². The van der Waals surface area contributed by atoms with Gasteiger partial charge in [-0.3, -0.25) is 0 Å². The Morgan fingerprint density at radius 3 is 2.89 bits per heavy atom. The second kappa shape index (κ2) is 6.83. The minimum Gasteiger partial charge on any atom is -0.378 e. The molecule has 1 aliphatic heterocycles. The van der Waals surface area contributed by atoms with Gasteiger partial charge in [0, 0.05) is 17.6 Å². The zero-order valence-electron chi connectivity index (χ0n) is 10.6. The van der Waals surface area contributed by atoms with Crippen molar-refractivity contribution in [3.8, 4) is 0 Å². The standard InChI is InChI=1S/C13H18BrNO3S/c14-11-4-3-6-13(10-11)19(16,17)15-8-7-12-5-1-2-9-18-12/h3-4,6,10,12,15H,1-2,5,7-9H2. The number of ether oxygens (including phenoxy) is 1. The SMILES string of the molecule is O=S(=O)(NCCC1CCCCO1)c1cccc(Br)c1. The van der Waals surface area contributed by atoms with Gasteiger partial charge in [0.15, 0.2) is 0 Å². The highest BCUT2D eigenvalue weighted by Gasteiger charge is 2.17. The highest BCUT2D eigenvalue weighted by Crippen LogP contribution is 2.17. The Balaban J connectivity index is 1.87. The Morgan fingerprint density at radius 2 is 2.21 bits per heavy atom. The van der Waals surface area contributed by atoms with Crippen LogP contribution in [0.3, 0.4) is 0 Å². The van der Waals surface area contributed by atoms with E-state index < -0.39 is 10.0 Å². The second-order valence-electron chi connectivity index (χ2n) is 4.63. The number of nitrogens with one attached hydrogen (secondary N) is 1. The van der Waals surface area contributed by atoms with Gasteiger partial charge in [0.1, 0.15) is 0 Å². The lowest BCUT2D eigenvalue weighted by Gasteiger charge is -2.22. The van der Waals surface area contributed by atoms with Crippen LogP contribution in [0.5, 0.6) is 0 Å². The van der Waals surface area contributed by atoms with Crippen LogP contribution >= 0.6 is 15.9 Å². The second-order valence-corrected chi connectivity index (χ2v) is 7.32. The van der Waals surface area contributed by atoms with E-state index in [0.717, 1.165) is 30.3 Å². The van der Waals surface area contributed by atoms with E-state index in [4.69, 9.17) is 4.74 Å². The number of hydrogen-bond donors (Lipinski definition) is 1. The largest absolute Gasteiger partial charge is 0.378 e. The number of sulfonamides is 1. The van der Waals surface area contributed by atoms with Crippen LogP contribution in [0.2, 0.25) is 0 Å².